The summed E-state index contributed by atoms with van der Waals surface area (Å²) in [5.74, 6) is 0.505. The van der Waals surface area contributed by atoms with Gasteiger partial charge >= 0.3 is 0 Å². The van der Waals surface area contributed by atoms with E-state index in [0.29, 0.717) is 11.3 Å². The first-order valence-electron chi connectivity index (χ1n) is 6.55. The number of methoxy groups -OCH3 is 1. The van der Waals surface area contributed by atoms with E-state index >= 15 is 0 Å². The van der Waals surface area contributed by atoms with Crippen LogP contribution in [0.4, 0.5) is 0 Å². The van der Waals surface area contributed by atoms with Crippen molar-refractivity contribution in [3.63, 3.8) is 0 Å². The van der Waals surface area contributed by atoms with Crippen LogP contribution >= 0.6 is 0 Å². The molecule has 0 fully saturated rings. The summed E-state index contributed by atoms with van der Waals surface area (Å²) in [6.45, 7) is 12.3. The van der Waals surface area contributed by atoms with E-state index in [0.717, 1.165) is 5.56 Å². The van der Waals surface area contributed by atoms with E-state index in [-0.39, 0.29) is 16.9 Å². The standard InChI is InChI=1S/C16H25NO2/c1-15(2,3)11-8-9-13(19-7)12(10-11)14(18)17-16(4,5)6/h8-10H,1-7H3,(H,17,18). The summed E-state index contributed by atoms with van der Waals surface area (Å²) in [5, 5.41) is 2.97. The largest absolute Gasteiger partial charge is 0.496 e. The Balaban J connectivity index is 3.20. The van der Waals surface area contributed by atoms with E-state index in [1.54, 1.807) is 7.11 Å². The maximum Gasteiger partial charge on any atom is 0.255 e. The molecule has 0 aliphatic rings. The van der Waals surface area contributed by atoms with Gasteiger partial charge in [-0.05, 0) is 43.9 Å². The Morgan fingerprint density at radius 3 is 2.11 bits per heavy atom. The Bertz CT molecular complexity index is 465. The first kappa shape index (κ1) is 15.5. The van der Waals surface area contributed by atoms with Gasteiger partial charge < -0.3 is 10.1 Å². The molecule has 0 aliphatic carbocycles. The number of benzene rings is 1. The summed E-state index contributed by atoms with van der Waals surface area (Å²) < 4.78 is 5.29. The van der Waals surface area contributed by atoms with Crippen LogP contribution < -0.4 is 10.1 Å². The van der Waals surface area contributed by atoms with Crippen LogP contribution in [0.5, 0.6) is 5.75 Å². The van der Waals surface area contributed by atoms with Crippen molar-refractivity contribution in [3.8, 4) is 5.75 Å². The van der Waals surface area contributed by atoms with Crippen molar-refractivity contribution >= 4 is 5.91 Å². The van der Waals surface area contributed by atoms with Crippen LogP contribution in [0.3, 0.4) is 0 Å². The molecular weight excluding hydrogens is 238 g/mol. The predicted molar refractivity (Wildman–Crippen MR) is 78.9 cm³/mol. The third-order valence-corrected chi connectivity index (χ3v) is 2.80. The SMILES string of the molecule is COc1ccc(C(C)(C)C)cc1C(=O)NC(C)(C)C. The minimum atomic E-state index is -0.264. The van der Waals surface area contributed by atoms with Crippen LogP contribution in [0.1, 0.15) is 57.5 Å². The average Bonchev–Trinajstić information content (AvgIpc) is 2.24. The minimum Gasteiger partial charge on any atom is -0.496 e. The molecule has 1 aromatic carbocycles. The lowest BCUT2D eigenvalue weighted by Crippen LogP contribution is -2.40. The lowest BCUT2D eigenvalue weighted by molar-refractivity contribution is 0.0916. The Morgan fingerprint density at radius 2 is 1.68 bits per heavy atom. The maximum atomic E-state index is 12.3. The van der Waals surface area contributed by atoms with Crippen molar-refractivity contribution in [1.29, 1.82) is 0 Å². The van der Waals surface area contributed by atoms with Gasteiger partial charge in [-0.2, -0.15) is 0 Å². The van der Waals surface area contributed by atoms with E-state index in [1.165, 1.54) is 0 Å². The lowest BCUT2D eigenvalue weighted by atomic mass is 9.86. The van der Waals surface area contributed by atoms with Crippen LogP contribution in [0, 0.1) is 0 Å². The molecule has 0 unspecified atom stereocenters. The number of amides is 1. The van der Waals surface area contributed by atoms with E-state index < -0.39 is 0 Å². The Morgan fingerprint density at radius 1 is 1.11 bits per heavy atom. The number of hydrogen-bond donors (Lipinski definition) is 1. The highest BCUT2D eigenvalue weighted by atomic mass is 16.5. The van der Waals surface area contributed by atoms with Crippen LogP contribution in [0.2, 0.25) is 0 Å². The Hall–Kier alpha value is -1.51. The number of carbonyl (C=O) groups excluding carboxylic acids is 1. The number of ether oxygens (including phenoxy) is 1. The normalized spacial score (nSPS) is 12.2. The van der Waals surface area contributed by atoms with Crippen LogP contribution in [0.15, 0.2) is 18.2 Å². The molecule has 106 valence electrons. The molecule has 0 aliphatic heterocycles. The second-order valence-electron chi connectivity index (χ2n) is 6.87. The Labute approximate surface area is 116 Å². The molecule has 19 heavy (non-hydrogen) atoms. The molecule has 1 rings (SSSR count). The smallest absolute Gasteiger partial charge is 0.255 e. The van der Waals surface area contributed by atoms with Gasteiger partial charge in [-0.1, -0.05) is 26.8 Å². The Kier molecular flexibility index (Phi) is 4.28. The van der Waals surface area contributed by atoms with Crippen molar-refractivity contribution in [2.45, 2.75) is 52.5 Å². The molecular formula is C16H25NO2. The first-order chi connectivity index (χ1) is 8.54. The van der Waals surface area contributed by atoms with Gasteiger partial charge in [0.1, 0.15) is 5.75 Å². The monoisotopic (exact) mass is 263 g/mol. The highest BCUT2D eigenvalue weighted by molar-refractivity contribution is 5.97. The van der Waals surface area contributed by atoms with Crippen molar-refractivity contribution < 1.29 is 9.53 Å². The van der Waals surface area contributed by atoms with Crippen LogP contribution in [0.25, 0.3) is 0 Å². The maximum absolute atomic E-state index is 12.3. The number of rotatable bonds is 2. The molecule has 0 radical (unpaired) electrons. The zero-order chi connectivity index (χ0) is 14.8. The molecule has 0 spiro atoms. The summed E-state index contributed by atoms with van der Waals surface area (Å²) in [7, 11) is 1.58. The molecule has 0 saturated carbocycles. The predicted octanol–water partition coefficient (Wildman–Crippen LogP) is 3.52. The average molecular weight is 263 g/mol. The number of nitrogens with one attached hydrogen (secondary N) is 1. The van der Waals surface area contributed by atoms with Crippen molar-refractivity contribution in [3.05, 3.63) is 29.3 Å². The minimum absolute atomic E-state index is 0.00301. The van der Waals surface area contributed by atoms with Gasteiger partial charge in [-0.3, -0.25) is 4.79 Å². The van der Waals surface area contributed by atoms with Gasteiger partial charge in [-0.25, -0.2) is 0 Å². The molecule has 0 aromatic heterocycles. The molecule has 0 heterocycles. The van der Waals surface area contributed by atoms with Crippen LogP contribution in [-0.4, -0.2) is 18.6 Å². The summed E-state index contributed by atoms with van der Waals surface area (Å²) in [6.07, 6.45) is 0. The van der Waals surface area contributed by atoms with Gasteiger partial charge in [0.2, 0.25) is 0 Å². The molecule has 3 heteroatoms. The lowest BCUT2D eigenvalue weighted by Gasteiger charge is -2.24. The summed E-state index contributed by atoms with van der Waals surface area (Å²) in [6, 6.07) is 5.78. The van der Waals surface area contributed by atoms with Gasteiger partial charge in [0.05, 0.1) is 12.7 Å². The number of hydrogen-bond acceptors (Lipinski definition) is 2. The van der Waals surface area contributed by atoms with Gasteiger partial charge in [0.15, 0.2) is 0 Å². The first-order valence-corrected chi connectivity index (χ1v) is 6.55. The summed E-state index contributed by atoms with van der Waals surface area (Å²) in [4.78, 5) is 12.3. The zero-order valence-electron chi connectivity index (χ0n) is 13.0. The fourth-order valence-electron chi connectivity index (χ4n) is 1.76. The quantitative estimate of drug-likeness (QED) is 0.886. The molecule has 1 amide bonds. The van der Waals surface area contributed by atoms with E-state index in [4.69, 9.17) is 4.74 Å². The summed E-state index contributed by atoms with van der Waals surface area (Å²) >= 11 is 0. The van der Waals surface area contributed by atoms with Gasteiger partial charge in [-0.15, -0.1) is 0 Å². The zero-order valence-corrected chi connectivity index (χ0v) is 13.0. The number of carbonyl (C=O) groups is 1. The van der Waals surface area contributed by atoms with E-state index in [2.05, 4.69) is 26.1 Å². The molecule has 1 aromatic rings. The highest BCUT2D eigenvalue weighted by Crippen LogP contribution is 2.28. The molecule has 0 bridgehead atoms. The molecule has 0 saturated heterocycles. The van der Waals surface area contributed by atoms with Gasteiger partial charge in [0.25, 0.3) is 5.91 Å². The fraction of sp³-hybridized carbons (Fsp3) is 0.562. The van der Waals surface area contributed by atoms with Crippen molar-refractivity contribution in [2.24, 2.45) is 0 Å². The van der Waals surface area contributed by atoms with Crippen LogP contribution in [-0.2, 0) is 5.41 Å². The topological polar surface area (TPSA) is 38.3 Å². The summed E-state index contributed by atoms with van der Waals surface area (Å²) in [5.41, 5.74) is 1.44. The molecule has 0 atom stereocenters. The van der Waals surface area contributed by atoms with E-state index in [9.17, 15) is 4.79 Å². The second-order valence-corrected chi connectivity index (χ2v) is 6.87. The highest BCUT2D eigenvalue weighted by Gasteiger charge is 2.21. The molecule has 3 nitrogen and oxygen atoms in total. The fourth-order valence-corrected chi connectivity index (χ4v) is 1.76. The molecule has 1 N–H and O–H groups in total. The van der Waals surface area contributed by atoms with Crippen molar-refractivity contribution in [2.75, 3.05) is 7.11 Å². The second kappa shape index (κ2) is 5.24. The van der Waals surface area contributed by atoms with E-state index in [1.807, 2.05) is 39.0 Å². The van der Waals surface area contributed by atoms with Crippen molar-refractivity contribution in [1.82, 2.24) is 5.32 Å². The van der Waals surface area contributed by atoms with Gasteiger partial charge in [0, 0.05) is 5.54 Å². The third-order valence-electron chi connectivity index (χ3n) is 2.80. The third kappa shape index (κ3) is 4.27.